The molecule has 0 bridgehead atoms. The second kappa shape index (κ2) is 4.52. The third kappa shape index (κ3) is 2.49. The molecule has 0 heterocycles. The molecule has 1 aromatic rings. The SMILES string of the molecule is N/C=C\c1ccc(CCO)cc1N. The minimum atomic E-state index is 0.144. The van der Waals surface area contributed by atoms with Crippen LogP contribution in [0.5, 0.6) is 0 Å². The van der Waals surface area contributed by atoms with Crippen molar-refractivity contribution in [2.75, 3.05) is 12.3 Å². The minimum Gasteiger partial charge on any atom is -0.405 e. The van der Waals surface area contributed by atoms with Gasteiger partial charge in [0.2, 0.25) is 0 Å². The molecule has 3 nitrogen and oxygen atoms in total. The Bertz CT molecular complexity index is 308. The highest BCUT2D eigenvalue weighted by atomic mass is 16.2. The predicted octanol–water partition coefficient (Wildman–Crippen LogP) is 0.733. The maximum Gasteiger partial charge on any atom is 0.0471 e. The molecule has 70 valence electrons. The van der Waals surface area contributed by atoms with Crippen LogP contribution >= 0.6 is 0 Å². The lowest BCUT2D eigenvalue weighted by Gasteiger charge is -2.03. The first-order valence-electron chi connectivity index (χ1n) is 4.15. The van der Waals surface area contributed by atoms with Gasteiger partial charge in [-0.3, -0.25) is 0 Å². The molecule has 13 heavy (non-hydrogen) atoms. The van der Waals surface area contributed by atoms with E-state index in [1.54, 1.807) is 6.08 Å². The zero-order valence-electron chi connectivity index (χ0n) is 7.40. The van der Waals surface area contributed by atoms with E-state index in [-0.39, 0.29) is 6.61 Å². The number of nitrogen functional groups attached to an aromatic ring is 1. The largest absolute Gasteiger partial charge is 0.405 e. The van der Waals surface area contributed by atoms with E-state index >= 15 is 0 Å². The van der Waals surface area contributed by atoms with E-state index in [0.29, 0.717) is 12.1 Å². The van der Waals surface area contributed by atoms with Crippen LogP contribution in [0, 0.1) is 0 Å². The maximum absolute atomic E-state index is 8.71. The molecule has 0 atom stereocenters. The number of benzene rings is 1. The summed E-state index contributed by atoms with van der Waals surface area (Å²) in [7, 11) is 0. The normalized spacial score (nSPS) is 10.8. The summed E-state index contributed by atoms with van der Waals surface area (Å²) in [5, 5.41) is 8.71. The van der Waals surface area contributed by atoms with Crippen molar-refractivity contribution in [1.29, 1.82) is 0 Å². The quantitative estimate of drug-likeness (QED) is 0.597. The number of nitrogens with two attached hydrogens (primary N) is 2. The number of anilines is 1. The molecule has 0 aromatic heterocycles. The van der Waals surface area contributed by atoms with Gasteiger partial charge in [-0.05, 0) is 35.9 Å². The van der Waals surface area contributed by atoms with Gasteiger partial charge in [0.25, 0.3) is 0 Å². The van der Waals surface area contributed by atoms with Gasteiger partial charge in [0, 0.05) is 12.3 Å². The number of aliphatic hydroxyl groups is 1. The van der Waals surface area contributed by atoms with Gasteiger partial charge in [-0.25, -0.2) is 0 Å². The molecule has 5 N–H and O–H groups in total. The molecule has 3 heteroatoms. The van der Waals surface area contributed by atoms with Crippen LogP contribution < -0.4 is 11.5 Å². The van der Waals surface area contributed by atoms with Crippen LogP contribution in [0.1, 0.15) is 11.1 Å². The van der Waals surface area contributed by atoms with Crippen molar-refractivity contribution in [2.45, 2.75) is 6.42 Å². The third-order valence-corrected chi connectivity index (χ3v) is 1.83. The highest BCUT2D eigenvalue weighted by Crippen LogP contribution is 2.15. The summed E-state index contributed by atoms with van der Waals surface area (Å²) in [6.45, 7) is 0.144. The zero-order chi connectivity index (χ0) is 9.68. The standard InChI is InChI=1S/C10H14N2O/c11-5-3-9-2-1-8(4-6-13)7-10(9)12/h1-3,5,7,13H,4,6,11-12H2/b5-3-. The Morgan fingerprint density at radius 1 is 1.38 bits per heavy atom. The molecular weight excluding hydrogens is 164 g/mol. The fourth-order valence-corrected chi connectivity index (χ4v) is 1.16. The van der Waals surface area contributed by atoms with Crippen LogP contribution in [0.3, 0.4) is 0 Å². The summed E-state index contributed by atoms with van der Waals surface area (Å²) >= 11 is 0. The molecule has 0 spiro atoms. The van der Waals surface area contributed by atoms with Crippen molar-refractivity contribution in [2.24, 2.45) is 5.73 Å². The van der Waals surface area contributed by atoms with Gasteiger partial charge in [-0.1, -0.05) is 12.1 Å². The van der Waals surface area contributed by atoms with Gasteiger partial charge in [0.05, 0.1) is 0 Å². The first-order chi connectivity index (χ1) is 6.27. The second-order valence-corrected chi connectivity index (χ2v) is 2.80. The fourth-order valence-electron chi connectivity index (χ4n) is 1.16. The molecule has 0 aliphatic heterocycles. The van der Waals surface area contributed by atoms with Crippen LogP contribution in [0.25, 0.3) is 6.08 Å². The van der Waals surface area contributed by atoms with Crippen molar-refractivity contribution >= 4 is 11.8 Å². The lowest BCUT2D eigenvalue weighted by atomic mass is 10.1. The van der Waals surface area contributed by atoms with Crippen LogP contribution in [0.2, 0.25) is 0 Å². The molecule has 0 unspecified atom stereocenters. The van der Waals surface area contributed by atoms with E-state index in [1.165, 1.54) is 6.20 Å². The Labute approximate surface area is 77.7 Å². The third-order valence-electron chi connectivity index (χ3n) is 1.83. The Morgan fingerprint density at radius 3 is 2.69 bits per heavy atom. The van der Waals surface area contributed by atoms with Crippen molar-refractivity contribution in [1.82, 2.24) is 0 Å². The Balaban J connectivity index is 2.91. The first kappa shape index (κ1) is 9.61. The van der Waals surface area contributed by atoms with E-state index in [0.717, 1.165) is 11.1 Å². The van der Waals surface area contributed by atoms with Gasteiger partial charge in [0.1, 0.15) is 0 Å². The van der Waals surface area contributed by atoms with E-state index < -0.39 is 0 Å². The van der Waals surface area contributed by atoms with Crippen LogP contribution in [-0.2, 0) is 6.42 Å². The zero-order valence-corrected chi connectivity index (χ0v) is 7.40. The summed E-state index contributed by atoms with van der Waals surface area (Å²) in [5.74, 6) is 0. The van der Waals surface area contributed by atoms with Crippen molar-refractivity contribution in [3.05, 3.63) is 35.5 Å². The average Bonchev–Trinajstić information content (AvgIpc) is 2.10. The van der Waals surface area contributed by atoms with Gasteiger partial charge in [-0.15, -0.1) is 0 Å². The topological polar surface area (TPSA) is 72.3 Å². The number of rotatable bonds is 3. The predicted molar refractivity (Wildman–Crippen MR) is 54.9 cm³/mol. The van der Waals surface area contributed by atoms with E-state index in [1.807, 2.05) is 18.2 Å². The molecule has 0 aliphatic rings. The number of aliphatic hydroxyl groups excluding tert-OH is 1. The lowest BCUT2D eigenvalue weighted by Crippen LogP contribution is -1.95. The van der Waals surface area contributed by atoms with Crippen LogP contribution in [-0.4, -0.2) is 11.7 Å². The summed E-state index contributed by atoms with van der Waals surface area (Å²) in [6.07, 6.45) is 3.84. The highest BCUT2D eigenvalue weighted by Gasteiger charge is 1.97. The summed E-state index contributed by atoms with van der Waals surface area (Å²) in [4.78, 5) is 0. The molecule has 0 fully saturated rings. The van der Waals surface area contributed by atoms with Gasteiger partial charge < -0.3 is 16.6 Å². The monoisotopic (exact) mass is 178 g/mol. The van der Waals surface area contributed by atoms with E-state index in [9.17, 15) is 0 Å². The summed E-state index contributed by atoms with van der Waals surface area (Å²) in [6, 6.07) is 5.68. The molecule has 1 aromatic carbocycles. The van der Waals surface area contributed by atoms with Gasteiger partial charge in [-0.2, -0.15) is 0 Å². The second-order valence-electron chi connectivity index (χ2n) is 2.80. The molecule has 1 rings (SSSR count). The number of hydrogen-bond acceptors (Lipinski definition) is 3. The molecule has 0 saturated heterocycles. The van der Waals surface area contributed by atoms with E-state index in [4.69, 9.17) is 16.6 Å². The highest BCUT2D eigenvalue weighted by molar-refractivity contribution is 5.64. The average molecular weight is 178 g/mol. The Morgan fingerprint density at radius 2 is 2.15 bits per heavy atom. The molecular formula is C10H14N2O. The van der Waals surface area contributed by atoms with Gasteiger partial charge in [0.15, 0.2) is 0 Å². The van der Waals surface area contributed by atoms with Crippen molar-refractivity contribution < 1.29 is 5.11 Å². The maximum atomic E-state index is 8.71. The molecule has 0 saturated carbocycles. The Kier molecular flexibility index (Phi) is 3.34. The molecule has 0 amide bonds. The molecule has 0 radical (unpaired) electrons. The van der Waals surface area contributed by atoms with Crippen LogP contribution in [0.15, 0.2) is 24.4 Å². The smallest absolute Gasteiger partial charge is 0.0471 e. The van der Waals surface area contributed by atoms with Crippen molar-refractivity contribution in [3.63, 3.8) is 0 Å². The van der Waals surface area contributed by atoms with E-state index in [2.05, 4.69) is 0 Å². The molecule has 0 aliphatic carbocycles. The van der Waals surface area contributed by atoms with Gasteiger partial charge >= 0.3 is 0 Å². The fraction of sp³-hybridized carbons (Fsp3) is 0.200. The Hall–Kier alpha value is -1.48. The minimum absolute atomic E-state index is 0.144. The van der Waals surface area contributed by atoms with Crippen molar-refractivity contribution in [3.8, 4) is 0 Å². The summed E-state index contributed by atoms with van der Waals surface area (Å²) < 4.78 is 0. The van der Waals surface area contributed by atoms with Crippen LogP contribution in [0.4, 0.5) is 5.69 Å². The summed E-state index contributed by atoms with van der Waals surface area (Å²) in [5.41, 5.74) is 13.6. The lowest BCUT2D eigenvalue weighted by molar-refractivity contribution is 0.299. The first-order valence-corrected chi connectivity index (χ1v) is 4.15. The number of hydrogen-bond donors (Lipinski definition) is 3.